The van der Waals surface area contributed by atoms with E-state index in [2.05, 4.69) is 60.8 Å². The van der Waals surface area contributed by atoms with Gasteiger partial charge in [0.2, 0.25) is 11.8 Å². The molecule has 3 aliphatic rings. The topological polar surface area (TPSA) is 204 Å². The molecule has 5 N–H and O–H groups in total. The number of methoxy groups -OCH3 is 2. The van der Waals surface area contributed by atoms with Crippen LogP contribution in [0.25, 0.3) is 44.2 Å². The smallest absolute Gasteiger partial charge is 0.407 e. The van der Waals surface area contributed by atoms with Gasteiger partial charge in [-0.05, 0) is 94.7 Å². The van der Waals surface area contributed by atoms with E-state index < -0.39 is 24.3 Å². The fourth-order valence-electron chi connectivity index (χ4n) is 9.42. The standard InChI is InChI=1S/C45H53BrN8O8/c1-21(2)35(51-45(59)61-7)42(55)53-18-24(19-60-6)14-33(53)41-48-37(39(46)52-41)26-9-11-28-27(15-26)20-62-34-17-29-25(16-30(28)34)10-12-31-38(29)49-40(47-31)32-13-8-23(5)54(32)43(56)36(22(3)4)50-44(57)58/h9-12,15-17,21-24,32-33,35-36,50H,8,13-14,18-20H2,1-7H3,(H,47,49)(H,48,52)(H,51,59)(H,57,58)/t23-,24-,32-,33-,35?,36?/m0/s1. The van der Waals surface area contributed by atoms with Crippen molar-refractivity contribution in [1.29, 1.82) is 0 Å². The molecule has 328 valence electrons. The zero-order valence-corrected chi connectivity index (χ0v) is 37.5. The Hall–Kier alpha value is -5.68. The summed E-state index contributed by atoms with van der Waals surface area (Å²) in [6, 6.07) is 12.0. The van der Waals surface area contributed by atoms with E-state index in [1.165, 1.54) is 7.11 Å². The van der Waals surface area contributed by atoms with Crippen LogP contribution in [-0.2, 0) is 25.7 Å². The van der Waals surface area contributed by atoms with Crippen molar-refractivity contribution in [3.8, 4) is 28.1 Å². The third-order valence-electron chi connectivity index (χ3n) is 12.5. The highest BCUT2D eigenvalue weighted by Gasteiger charge is 2.43. The van der Waals surface area contributed by atoms with Gasteiger partial charge < -0.3 is 49.7 Å². The van der Waals surface area contributed by atoms with Gasteiger partial charge in [0.25, 0.3) is 0 Å². The SMILES string of the molecule is COC[C@H]1C[C@@H](c2nc(-c3ccc4c(c3)COc3cc5c(ccc6[nH]c([C@@H]7CC[C@H](C)N7C(=O)C(NC(=O)O)C(C)C)nc65)cc3-4)c(Br)[nH]2)N(C(=O)C(NC(=O)OC)C(C)C)C1. The average molecular weight is 914 g/mol. The Morgan fingerprint density at radius 1 is 0.919 bits per heavy atom. The van der Waals surface area contributed by atoms with E-state index in [0.717, 1.165) is 56.2 Å². The molecule has 0 radical (unpaired) electrons. The number of carboxylic acid groups (broad SMARTS) is 1. The zero-order valence-electron chi connectivity index (χ0n) is 35.9. The molecule has 62 heavy (non-hydrogen) atoms. The number of nitrogens with one attached hydrogen (secondary N) is 4. The molecule has 5 heterocycles. The second-order valence-corrected chi connectivity index (χ2v) is 18.2. The number of aromatic amines is 2. The van der Waals surface area contributed by atoms with Crippen molar-refractivity contribution < 1.29 is 38.5 Å². The number of hydrogen-bond donors (Lipinski definition) is 5. The summed E-state index contributed by atoms with van der Waals surface area (Å²) >= 11 is 3.72. The maximum atomic E-state index is 14.0. The lowest BCUT2D eigenvalue weighted by atomic mass is 9.92. The molecule has 2 aromatic heterocycles. The van der Waals surface area contributed by atoms with Crippen molar-refractivity contribution >= 4 is 61.7 Å². The predicted molar refractivity (Wildman–Crippen MR) is 235 cm³/mol. The van der Waals surface area contributed by atoms with E-state index in [4.69, 9.17) is 24.2 Å². The van der Waals surface area contributed by atoms with Gasteiger partial charge in [0, 0.05) is 42.1 Å². The minimum absolute atomic E-state index is 0.0745. The van der Waals surface area contributed by atoms with Gasteiger partial charge in [-0.3, -0.25) is 9.59 Å². The number of benzene rings is 3. The number of imidazole rings is 2. The van der Waals surface area contributed by atoms with E-state index in [0.29, 0.717) is 54.5 Å². The molecule has 16 nitrogen and oxygen atoms in total. The Bertz CT molecular complexity index is 2550. The van der Waals surface area contributed by atoms with Crippen LogP contribution in [0.1, 0.15) is 83.2 Å². The molecular weight excluding hydrogens is 860 g/mol. The molecule has 2 saturated heterocycles. The summed E-state index contributed by atoms with van der Waals surface area (Å²) in [5, 5.41) is 16.5. The largest absolute Gasteiger partial charge is 0.488 e. The van der Waals surface area contributed by atoms with E-state index in [1.54, 1.807) is 16.9 Å². The summed E-state index contributed by atoms with van der Waals surface area (Å²) in [5.74, 6) is 1.28. The number of H-pyrrole nitrogens is 2. The molecule has 0 aliphatic carbocycles. The van der Waals surface area contributed by atoms with Gasteiger partial charge in [0.05, 0.1) is 36.8 Å². The van der Waals surface area contributed by atoms with Crippen molar-refractivity contribution in [3.05, 3.63) is 64.3 Å². The van der Waals surface area contributed by atoms with Crippen LogP contribution in [0.5, 0.6) is 5.75 Å². The molecule has 6 atom stereocenters. The fourth-order valence-corrected chi connectivity index (χ4v) is 9.94. The average Bonchev–Trinajstić information content (AvgIpc) is 4.05. The summed E-state index contributed by atoms with van der Waals surface area (Å²) in [4.78, 5) is 72.2. The monoisotopic (exact) mass is 912 g/mol. The molecule has 17 heteroatoms. The van der Waals surface area contributed by atoms with Gasteiger partial charge in [-0.2, -0.15) is 0 Å². The molecule has 2 fully saturated rings. The summed E-state index contributed by atoms with van der Waals surface area (Å²) in [7, 11) is 2.93. The quantitative estimate of drug-likeness (QED) is 0.0874. The van der Waals surface area contributed by atoms with Gasteiger partial charge >= 0.3 is 12.2 Å². The number of likely N-dealkylation sites (tertiary alicyclic amines) is 2. The number of rotatable bonds is 11. The summed E-state index contributed by atoms with van der Waals surface area (Å²) in [6.07, 6.45) is 0.237. The summed E-state index contributed by atoms with van der Waals surface area (Å²) in [6.45, 7) is 10.7. The molecular formula is C45H53BrN8O8. The van der Waals surface area contributed by atoms with Crippen LogP contribution in [-0.4, -0.2) is 104 Å². The minimum Gasteiger partial charge on any atom is -0.488 e. The van der Waals surface area contributed by atoms with Crippen molar-refractivity contribution in [2.24, 2.45) is 17.8 Å². The minimum atomic E-state index is -1.23. The fraction of sp³-hybridized carbons (Fsp3) is 0.467. The maximum Gasteiger partial charge on any atom is 0.407 e. The Morgan fingerprint density at radius 3 is 2.37 bits per heavy atom. The highest BCUT2D eigenvalue weighted by Crippen LogP contribution is 2.45. The van der Waals surface area contributed by atoms with Gasteiger partial charge in [-0.25, -0.2) is 19.6 Å². The first-order valence-electron chi connectivity index (χ1n) is 21.1. The van der Waals surface area contributed by atoms with Gasteiger partial charge in [-0.15, -0.1) is 0 Å². The van der Waals surface area contributed by atoms with E-state index in [9.17, 15) is 24.3 Å². The Labute approximate surface area is 367 Å². The lowest BCUT2D eigenvalue weighted by Gasteiger charge is -2.32. The number of aromatic nitrogens is 4. The number of ether oxygens (including phenoxy) is 3. The number of alkyl carbamates (subject to hydrolysis) is 1. The Balaban J connectivity index is 1.07. The number of nitrogens with zero attached hydrogens (tertiary/aromatic N) is 4. The van der Waals surface area contributed by atoms with Gasteiger partial charge in [0.1, 0.15) is 46.4 Å². The number of carbonyl (C=O) groups is 4. The first-order chi connectivity index (χ1) is 29.7. The molecule has 8 rings (SSSR count). The number of amides is 4. The molecule has 0 bridgehead atoms. The Kier molecular flexibility index (Phi) is 11.9. The zero-order chi connectivity index (χ0) is 44.1. The van der Waals surface area contributed by atoms with Crippen LogP contribution in [0.2, 0.25) is 0 Å². The molecule has 0 saturated carbocycles. The van der Waals surface area contributed by atoms with Crippen molar-refractivity contribution in [3.63, 3.8) is 0 Å². The van der Waals surface area contributed by atoms with Crippen molar-refractivity contribution in [1.82, 2.24) is 40.4 Å². The number of carbonyl (C=O) groups excluding carboxylic acids is 3. The molecule has 0 spiro atoms. The van der Waals surface area contributed by atoms with Crippen LogP contribution in [0.15, 0.2) is 47.1 Å². The van der Waals surface area contributed by atoms with E-state index in [1.807, 2.05) is 52.8 Å². The lowest BCUT2D eigenvalue weighted by molar-refractivity contribution is -0.137. The molecule has 3 aliphatic heterocycles. The van der Waals surface area contributed by atoms with Gasteiger partial charge in [0.15, 0.2) is 0 Å². The highest BCUT2D eigenvalue weighted by molar-refractivity contribution is 9.10. The van der Waals surface area contributed by atoms with E-state index >= 15 is 0 Å². The van der Waals surface area contributed by atoms with Crippen LogP contribution in [0.4, 0.5) is 9.59 Å². The Morgan fingerprint density at radius 2 is 1.66 bits per heavy atom. The highest BCUT2D eigenvalue weighted by atomic mass is 79.9. The number of hydrogen-bond acceptors (Lipinski definition) is 9. The molecule has 5 aromatic rings. The number of halogens is 1. The second-order valence-electron chi connectivity index (χ2n) is 17.4. The molecule has 3 aromatic carbocycles. The first-order valence-corrected chi connectivity index (χ1v) is 21.9. The predicted octanol–water partition coefficient (Wildman–Crippen LogP) is 7.69. The van der Waals surface area contributed by atoms with Crippen LogP contribution in [0, 0.1) is 17.8 Å². The first kappa shape index (κ1) is 43.0. The van der Waals surface area contributed by atoms with Crippen LogP contribution in [0.3, 0.4) is 0 Å². The third kappa shape index (κ3) is 7.96. The third-order valence-corrected chi connectivity index (χ3v) is 13.1. The normalized spacial score (nSPS) is 20.6. The van der Waals surface area contributed by atoms with Crippen molar-refractivity contribution in [2.45, 2.75) is 90.7 Å². The number of fused-ring (bicyclic) bond motifs is 6. The van der Waals surface area contributed by atoms with Gasteiger partial charge in [-0.1, -0.05) is 45.9 Å². The second kappa shape index (κ2) is 17.2. The summed E-state index contributed by atoms with van der Waals surface area (Å²) < 4.78 is 17.4. The molecule has 2 unspecified atom stereocenters. The summed E-state index contributed by atoms with van der Waals surface area (Å²) in [5.41, 5.74) is 6.19. The molecule has 4 amide bonds. The van der Waals surface area contributed by atoms with Crippen LogP contribution >= 0.6 is 15.9 Å². The van der Waals surface area contributed by atoms with E-state index in [-0.39, 0.29) is 47.7 Å². The lowest BCUT2D eigenvalue weighted by Crippen LogP contribution is -2.52. The van der Waals surface area contributed by atoms with Crippen LogP contribution < -0.4 is 15.4 Å². The maximum absolute atomic E-state index is 14.0. The van der Waals surface area contributed by atoms with Crippen molar-refractivity contribution in [2.75, 3.05) is 27.4 Å².